The Morgan fingerprint density at radius 1 is 0.692 bits per heavy atom. The van der Waals surface area contributed by atoms with Crippen molar-refractivity contribution in [1.29, 1.82) is 0 Å². The van der Waals surface area contributed by atoms with E-state index in [0.717, 1.165) is 36.5 Å². The Labute approximate surface area is 275 Å². The van der Waals surface area contributed by atoms with Crippen molar-refractivity contribution in [1.82, 2.24) is 0 Å². The molecule has 0 radical (unpaired) electrons. The molecule has 2 fully saturated rings. The molecule has 4 aliphatic carbocycles. The van der Waals surface area contributed by atoms with Crippen molar-refractivity contribution < 1.29 is 51.0 Å². The zero-order chi connectivity index (χ0) is 26.8. The van der Waals surface area contributed by atoms with Crippen LogP contribution in [0.3, 0.4) is 0 Å². The maximum absolute atomic E-state index is 3.57. The van der Waals surface area contributed by atoms with Gasteiger partial charge >= 0.3 is 26.2 Å². The summed E-state index contributed by atoms with van der Waals surface area (Å²) < 4.78 is 0. The van der Waals surface area contributed by atoms with Gasteiger partial charge in [-0.2, -0.15) is 12.2 Å². The largest absolute Gasteiger partial charge is 4.00 e. The first-order chi connectivity index (χ1) is 16.7. The molecule has 4 rings (SSSR count). The minimum Gasteiger partial charge on any atom is -1.00 e. The Morgan fingerprint density at radius 3 is 1.28 bits per heavy atom. The van der Waals surface area contributed by atoms with Crippen molar-refractivity contribution in [2.24, 2.45) is 45.3 Å². The molecule has 4 unspecified atom stereocenters. The second-order valence-corrected chi connectivity index (χ2v) is 15.1. The van der Waals surface area contributed by atoms with Gasteiger partial charge in [-0.05, 0) is 83.9 Å². The third-order valence-corrected chi connectivity index (χ3v) is 11.7. The first-order valence-corrected chi connectivity index (χ1v) is 15.3. The first-order valence-electron chi connectivity index (χ1n) is 15.3. The van der Waals surface area contributed by atoms with Gasteiger partial charge in [-0.25, -0.2) is 23.3 Å². The van der Waals surface area contributed by atoms with Crippen LogP contribution in [-0.2, 0) is 26.2 Å². The van der Waals surface area contributed by atoms with E-state index in [2.05, 4.69) is 106 Å². The van der Waals surface area contributed by atoms with Gasteiger partial charge in [0.25, 0.3) is 0 Å². The Hall–Kier alpha value is 0.423. The van der Waals surface area contributed by atoms with Crippen LogP contribution < -0.4 is 24.8 Å². The van der Waals surface area contributed by atoms with E-state index in [4.69, 9.17) is 0 Å². The molecule has 2 saturated carbocycles. The predicted octanol–water partition coefficient (Wildman–Crippen LogP) is 5.11. The molecular weight excluding hydrogens is 595 g/mol. The summed E-state index contributed by atoms with van der Waals surface area (Å²) in [7, 11) is 0. The third kappa shape index (κ3) is 9.20. The van der Waals surface area contributed by atoms with Gasteiger partial charge in [0.05, 0.1) is 0 Å². The van der Waals surface area contributed by atoms with Crippen LogP contribution >= 0.6 is 0 Å². The normalized spacial score (nSPS) is 30.5. The number of hydrogen-bond acceptors (Lipinski definition) is 0. The van der Waals surface area contributed by atoms with Gasteiger partial charge in [-0.3, -0.25) is 12.2 Å². The smallest absolute Gasteiger partial charge is 1.00 e. The van der Waals surface area contributed by atoms with E-state index in [1.54, 1.807) is 0 Å². The van der Waals surface area contributed by atoms with E-state index in [0.29, 0.717) is 21.7 Å². The molecule has 4 atom stereocenters. The van der Waals surface area contributed by atoms with Crippen LogP contribution in [0.2, 0.25) is 0 Å². The van der Waals surface area contributed by atoms with Crippen LogP contribution in [0.25, 0.3) is 0 Å². The molecular formula is C36H58Cl2Zr. The van der Waals surface area contributed by atoms with Crippen molar-refractivity contribution in [3.63, 3.8) is 0 Å². The molecule has 3 heteroatoms. The first kappa shape index (κ1) is 39.4. The average Bonchev–Trinajstić information content (AvgIpc) is 3.54. The summed E-state index contributed by atoms with van der Waals surface area (Å²) in [5, 5.41) is 0. The van der Waals surface area contributed by atoms with Crippen LogP contribution in [0.15, 0.2) is 35.5 Å². The summed E-state index contributed by atoms with van der Waals surface area (Å²) in [6.07, 6.45) is 29.4. The van der Waals surface area contributed by atoms with Crippen molar-refractivity contribution >= 4 is 0 Å². The van der Waals surface area contributed by atoms with Gasteiger partial charge in [0.15, 0.2) is 0 Å². The topological polar surface area (TPSA) is 0 Å². The molecule has 220 valence electrons. The molecule has 0 amide bonds. The summed E-state index contributed by atoms with van der Waals surface area (Å²) in [5.74, 6) is 3.25. The van der Waals surface area contributed by atoms with Crippen LogP contribution in [-0.4, -0.2) is 0 Å². The third-order valence-electron chi connectivity index (χ3n) is 11.7. The molecule has 39 heavy (non-hydrogen) atoms. The summed E-state index contributed by atoms with van der Waals surface area (Å²) in [5.41, 5.74) is 4.69. The van der Waals surface area contributed by atoms with Crippen LogP contribution in [0.1, 0.15) is 133 Å². The summed E-state index contributed by atoms with van der Waals surface area (Å²) in [6, 6.07) is 0. The fourth-order valence-electron chi connectivity index (χ4n) is 7.31. The van der Waals surface area contributed by atoms with Gasteiger partial charge in [-0.1, -0.05) is 82.1 Å². The van der Waals surface area contributed by atoms with Gasteiger partial charge in [0, 0.05) is 0 Å². The van der Waals surface area contributed by atoms with Crippen LogP contribution in [0, 0.1) is 57.5 Å². The van der Waals surface area contributed by atoms with Gasteiger partial charge in [0.1, 0.15) is 0 Å². The molecule has 0 aromatic heterocycles. The van der Waals surface area contributed by atoms with Crippen LogP contribution in [0.4, 0.5) is 0 Å². The molecule has 0 aromatic rings. The molecule has 4 aliphatic rings. The van der Waals surface area contributed by atoms with E-state index in [1.165, 1.54) is 62.5 Å². The fourth-order valence-corrected chi connectivity index (χ4v) is 7.31. The van der Waals surface area contributed by atoms with E-state index in [9.17, 15) is 0 Å². The van der Waals surface area contributed by atoms with Gasteiger partial charge in [0.2, 0.25) is 0 Å². The molecule has 0 nitrogen and oxygen atoms in total. The van der Waals surface area contributed by atoms with E-state index < -0.39 is 0 Å². The molecule has 0 aromatic carbocycles. The number of hydrogen-bond donors (Lipinski definition) is 0. The SMILES string of the molecule is CC(C)C(C)(C)C1CCCC(C)(C2=[C-]CC=C2)C1.CC(C)C(C)(C)C1CCCC(C)(C2=[C-]CC=C2)C1.[Cl-].[Cl-].[Zr+4]. The summed E-state index contributed by atoms with van der Waals surface area (Å²) >= 11 is 0. The molecule has 0 aliphatic heterocycles. The molecule has 0 heterocycles. The molecule has 0 saturated heterocycles. The van der Waals surface area contributed by atoms with Crippen molar-refractivity contribution in [3.8, 4) is 0 Å². The number of allylic oxidation sites excluding steroid dienone is 8. The maximum Gasteiger partial charge on any atom is 4.00 e. The van der Waals surface area contributed by atoms with Crippen LogP contribution in [0.5, 0.6) is 0 Å². The Morgan fingerprint density at radius 2 is 1.03 bits per heavy atom. The summed E-state index contributed by atoms with van der Waals surface area (Å²) in [6.45, 7) is 24.3. The fraction of sp³-hybridized carbons (Fsp3) is 0.778. The average molecular weight is 653 g/mol. The molecule has 0 bridgehead atoms. The zero-order valence-corrected chi connectivity index (χ0v) is 30.9. The number of halogens is 2. The van der Waals surface area contributed by atoms with E-state index in [-0.39, 0.29) is 51.0 Å². The standard InChI is InChI=1S/2C18H29.2ClH.Zr/c2*1-14(2)17(3,4)16-11-8-12-18(5,13-16)15-9-6-7-10-15;;;/h2*6,9,14,16H,7-8,11-13H2,1-5H3;2*1H;/q2*-1;;;+4/p-2. The predicted molar refractivity (Wildman–Crippen MR) is 158 cm³/mol. The second-order valence-electron chi connectivity index (χ2n) is 15.1. The monoisotopic (exact) mass is 650 g/mol. The quantitative estimate of drug-likeness (QED) is 0.350. The second kappa shape index (κ2) is 15.8. The number of rotatable bonds is 6. The Bertz CT molecular complexity index is 802. The van der Waals surface area contributed by atoms with E-state index >= 15 is 0 Å². The minimum absolute atomic E-state index is 0. The van der Waals surface area contributed by atoms with Gasteiger partial charge < -0.3 is 24.8 Å². The van der Waals surface area contributed by atoms with Gasteiger partial charge in [-0.15, -0.1) is 12.8 Å². The molecule has 0 N–H and O–H groups in total. The molecule has 0 spiro atoms. The minimum atomic E-state index is 0. The van der Waals surface area contributed by atoms with Crippen molar-refractivity contribution in [3.05, 3.63) is 47.6 Å². The Balaban J connectivity index is 0.000000688. The van der Waals surface area contributed by atoms with E-state index in [1.807, 2.05) is 0 Å². The zero-order valence-electron chi connectivity index (χ0n) is 26.9. The Kier molecular flexibility index (Phi) is 15.9. The van der Waals surface area contributed by atoms with Crippen molar-refractivity contribution in [2.45, 2.75) is 133 Å². The maximum atomic E-state index is 3.57. The van der Waals surface area contributed by atoms with Crippen molar-refractivity contribution in [2.75, 3.05) is 0 Å². The summed E-state index contributed by atoms with van der Waals surface area (Å²) in [4.78, 5) is 0.